The number of nitrogens with zero attached hydrogens (tertiary/aromatic N) is 2. The van der Waals surface area contributed by atoms with Gasteiger partial charge in [0, 0.05) is 45.4 Å². The zero-order valence-corrected chi connectivity index (χ0v) is 63.7. The molecule has 0 aliphatic heterocycles. The van der Waals surface area contributed by atoms with Crippen LogP contribution in [-0.2, 0) is 31.2 Å². The summed E-state index contributed by atoms with van der Waals surface area (Å²) in [4.78, 5) is 59.4. The summed E-state index contributed by atoms with van der Waals surface area (Å²) in [5, 5.41) is 19.9. The van der Waals surface area contributed by atoms with Crippen molar-refractivity contribution in [2.45, 2.75) is 162 Å². The van der Waals surface area contributed by atoms with Crippen LogP contribution in [0.1, 0.15) is 179 Å². The molecule has 7 aromatic carbocycles. The van der Waals surface area contributed by atoms with E-state index in [1.165, 1.54) is 35.4 Å². The highest BCUT2D eigenvalue weighted by molar-refractivity contribution is 6.41. The zero-order valence-electron chi connectivity index (χ0n) is 57.6. The number of hydrogen-bond donors (Lipinski definition) is 6. The Bertz CT molecular complexity index is 4260. The van der Waals surface area contributed by atoms with Crippen LogP contribution in [0.3, 0.4) is 0 Å². The van der Waals surface area contributed by atoms with Gasteiger partial charge in [-0.2, -0.15) is 0 Å². The molecule has 0 fully saturated rings. The van der Waals surface area contributed by atoms with Gasteiger partial charge in [0.05, 0.1) is 71.8 Å². The van der Waals surface area contributed by atoms with Crippen LogP contribution in [-0.4, -0.2) is 44.6 Å². The van der Waals surface area contributed by atoms with Crippen molar-refractivity contribution in [1.82, 2.24) is 19.6 Å². The van der Waals surface area contributed by atoms with Gasteiger partial charge in [-0.05, 0) is 150 Å². The van der Waals surface area contributed by atoms with E-state index in [-0.39, 0.29) is 132 Å². The van der Waals surface area contributed by atoms with Gasteiger partial charge in [-0.1, -0.05) is 230 Å². The van der Waals surface area contributed by atoms with Crippen LogP contribution in [0.4, 0.5) is 34.4 Å². The van der Waals surface area contributed by atoms with Crippen LogP contribution in [0.5, 0.6) is 11.5 Å². The van der Waals surface area contributed by atoms with Crippen molar-refractivity contribution in [2.75, 3.05) is 34.5 Å². The number of aromatic nitrogens is 4. The smallest absolute Gasteiger partial charge is 0.277 e. The van der Waals surface area contributed by atoms with Gasteiger partial charge in [0.1, 0.15) is 34.5 Å². The molecule has 0 radical (unpaired) electrons. The Labute approximate surface area is 619 Å². The molecular formula is C77H84Cl8N8O6. The van der Waals surface area contributed by atoms with E-state index in [4.69, 9.17) is 102 Å². The van der Waals surface area contributed by atoms with Crippen LogP contribution in [0, 0.1) is 0 Å². The first kappa shape index (κ1) is 76.2. The second-order valence-electron chi connectivity index (χ2n) is 27.4. The molecule has 9 aromatic rings. The number of aromatic amines is 2. The molecule has 0 aliphatic carbocycles. The van der Waals surface area contributed by atoms with Crippen molar-refractivity contribution in [2.24, 2.45) is 0 Å². The predicted octanol–water partition coefficient (Wildman–Crippen LogP) is 22.9. The maximum atomic E-state index is 15.9. The van der Waals surface area contributed by atoms with Crippen LogP contribution in [0.25, 0.3) is 11.4 Å². The third-order valence-corrected chi connectivity index (χ3v) is 21.4. The van der Waals surface area contributed by atoms with Crippen molar-refractivity contribution < 1.29 is 19.1 Å². The molecule has 9 rings (SSSR count). The number of hydrogen-bond acceptors (Lipinski definition) is 8. The molecule has 2 heterocycles. The summed E-state index contributed by atoms with van der Waals surface area (Å²) in [6, 6.07) is 37.2. The van der Waals surface area contributed by atoms with Gasteiger partial charge in [-0.3, -0.25) is 29.4 Å². The molecule has 14 nitrogen and oxygen atoms in total. The second kappa shape index (κ2) is 31.9. The lowest BCUT2D eigenvalue weighted by molar-refractivity contribution is -0.117. The number of anilines is 6. The minimum absolute atomic E-state index is 0.00708. The molecule has 0 saturated carbocycles. The highest BCUT2D eigenvalue weighted by atomic mass is 35.5. The number of ether oxygens (including phenoxy) is 2. The first-order chi connectivity index (χ1) is 46.8. The summed E-state index contributed by atoms with van der Waals surface area (Å²) in [6.07, 6.45) is 4.88. The summed E-state index contributed by atoms with van der Waals surface area (Å²) in [5.74, 6) is -0.273. The molecule has 0 spiro atoms. The van der Waals surface area contributed by atoms with Gasteiger partial charge in [-0.25, -0.2) is 9.36 Å². The standard InChI is InChI=1S/C77H84Cl8N8O6/c1-13-74(5,6)45-26-32-61(51(36-45)76(9,10)15-3)98-34-20-24-63(94)86-49-28-30-53(80)59(42-49)88-70-66(72(96)92(90-70)68-55(82)38-47(78)39-56(68)83)65(44-22-18-17-19-23-44)67-71(91-93(73(67)97)69-57(84)40-48(79)41-58(69)85)89-60-43-50(29-31-54(60)81)87-64(95)25-21-35-99-62-33-27-46(75(7,8)14-2)37-52(62)77(11,12)16-4/h17-19,22-23,26-33,36-43,65,88-91H,13-16,20-21,24-25,34-35H2,1-12H3,(H,86,94)(H,87,95). The Hall–Kier alpha value is -6.98. The van der Waals surface area contributed by atoms with E-state index in [1.807, 2.05) is 12.1 Å². The molecule has 22 heteroatoms. The number of benzene rings is 7. The van der Waals surface area contributed by atoms with Crippen molar-refractivity contribution in [3.63, 3.8) is 0 Å². The number of halogens is 8. The average Bonchev–Trinajstić information content (AvgIpc) is 1.77. The third kappa shape index (κ3) is 17.5. The minimum Gasteiger partial charge on any atom is -0.493 e. The highest BCUT2D eigenvalue weighted by Crippen LogP contribution is 2.45. The van der Waals surface area contributed by atoms with E-state index >= 15 is 9.59 Å². The van der Waals surface area contributed by atoms with Crippen LogP contribution in [0.15, 0.2) is 137 Å². The lowest BCUT2D eigenvalue weighted by Crippen LogP contribution is -2.26. The van der Waals surface area contributed by atoms with E-state index in [0.29, 0.717) is 43.0 Å². The molecule has 0 saturated heterocycles. The van der Waals surface area contributed by atoms with E-state index < -0.39 is 17.0 Å². The monoisotopic (exact) mass is 1500 g/mol. The normalized spacial score (nSPS) is 12.1. The summed E-state index contributed by atoms with van der Waals surface area (Å²) >= 11 is 54.7. The van der Waals surface area contributed by atoms with Crippen molar-refractivity contribution in [3.05, 3.63) is 227 Å². The van der Waals surface area contributed by atoms with Gasteiger partial charge in [0.15, 0.2) is 0 Å². The fourth-order valence-corrected chi connectivity index (χ4v) is 13.8. The minimum atomic E-state index is -1.33. The van der Waals surface area contributed by atoms with Crippen LogP contribution in [0.2, 0.25) is 40.2 Å². The Balaban J connectivity index is 1.06. The number of H-pyrrole nitrogens is 2. The molecule has 2 aromatic heterocycles. The van der Waals surface area contributed by atoms with Crippen molar-refractivity contribution in [1.29, 1.82) is 0 Å². The fraction of sp³-hybridized carbons (Fsp3) is 0.351. The number of nitrogens with one attached hydrogen (secondary N) is 6. The van der Waals surface area contributed by atoms with E-state index in [9.17, 15) is 9.59 Å². The number of carbonyl (C=O) groups excluding carboxylic acids is 2. The summed E-state index contributed by atoms with van der Waals surface area (Å²) < 4.78 is 15.1. The maximum Gasteiger partial charge on any atom is 0.277 e. The Morgan fingerprint density at radius 3 is 1.17 bits per heavy atom. The highest BCUT2D eigenvalue weighted by Gasteiger charge is 2.36. The molecule has 99 heavy (non-hydrogen) atoms. The lowest BCUT2D eigenvalue weighted by Gasteiger charge is -2.30. The van der Waals surface area contributed by atoms with Gasteiger partial charge >= 0.3 is 0 Å². The summed E-state index contributed by atoms with van der Waals surface area (Å²) in [6.45, 7) is 27.1. The molecule has 0 aliphatic rings. The predicted molar refractivity (Wildman–Crippen MR) is 413 cm³/mol. The van der Waals surface area contributed by atoms with Gasteiger partial charge < -0.3 is 30.7 Å². The van der Waals surface area contributed by atoms with Gasteiger partial charge in [0.25, 0.3) is 11.1 Å². The van der Waals surface area contributed by atoms with E-state index in [0.717, 1.165) is 57.7 Å². The SMILES string of the molecule is CCC(C)(C)c1ccc(OCCCC(=O)Nc2ccc(Cl)c(Nc3[nH]n(-c4c(Cl)cc(Cl)cc4Cl)c(=O)c3C(c3ccccc3)c3c(Nc4cc(NC(=O)CCCOc5ccc(C(C)(C)CC)cc5C(C)(C)CC)ccc4Cl)[nH]n(-c4c(Cl)cc(Cl)cc4Cl)c3=O)c2)c(C(C)(C)CC)c1. The van der Waals surface area contributed by atoms with Gasteiger partial charge in [0.2, 0.25) is 11.8 Å². The van der Waals surface area contributed by atoms with Crippen molar-refractivity contribution in [3.8, 4) is 22.9 Å². The quantitative estimate of drug-likeness (QED) is 0.0251. The number of carbonyl (C=O) groups is 2. The molecule has 0 unspecified atom stereocenters. The first-order valence-corrected chi connectivity index (χ1v) is 36.2. The van der Waals surface area contributed by atoms with Gasteiger partial charge in [-0.15, -0.1) is 0 Å². The molecule has 524 valence electrons. The zero-order chi connectivity index (χ0) is 72.1. The maximum absolute atomic E-state index is 15.9. The Kier molecular flexibility index (Phi) is 24.6. The number of rotatable bonds is 29. The Morgan fingerprint density at radius 2 is 0.818 bits per heavy atom. The van der Waals surface area contributed by atoms with E-state index in [1.54, 1.807) is 66.7 Å². The molecule has 2 amide bonds. The van der Waals surface area contributed by atoms with Crippen LogP contribution < -0.4 is 41.9 Å². The largest absolute Gasteiger partial charge is 0.493 e. The van der Waals surface area contributed by atoms with Crippen LogP contribution >= 0.6 is 92.8 Å². The van der Waals surface area contributed by atoms with E-state index in [2.05, 4.69) is 139 Å². The fourth-order valence-electron chi connectivity index (χ4n) is 11.5. The molecule has 6 N–H and O–H groups in total. The molecular weight excluding hydrogens is 1420 g/mol. The number of amides is 2. The molecule has 0 atom stereocenters. The molecule has 0 bridgehead atoms. The third-order valence-electron chi connectivity index (χ3n) is 19.1. The second-order valence-corrected chi connectivity index (χ2v) is 30.7. The lowest BCUT2D eigenvalue weighted by atomic mass is 9.76. The summed E-state index contributed by atoms with van der Waals surface area (Å²) in [7, 11) is 0. The Morgan fingerprint density at radius 1 is 0.455 bits per heavy atom. The first-order valence-electron chi connectivity index (χ1n) is 33.1. The van der Waals surface area contributed by atoms with Crippen molar-refractivity contribution >= 4 is 139 Å². The average molecular weight is 1500 g/mol. The topological polar surface area (TPSA) is 176 Å². The summed E-state index contributed by atoms with van der Waals surface area (Å²) in [5.41, 5.74) is 4.61.